The van der Waals surface area contributed by atoms with Gasteiger partial charge >= 0.3 is 0 Å². The summed E-state index contributed by atoms with van der Waals surface area (Å²) in [6.07, 6.45) is 19.4. The largest absolute Gasteiger partial charge is 0.0649 e. The Balaban J connectivity index is 0.000000663. The number of rotatable bonds is 16. The van der Waals surface area contributed by atoms with Crippen molar-refractivity contribution in [1.82, 2.24) is 0 Å². The first-order valence-electron chi connectivity index (χ1n) is 21.9. The molecule has 0 spiro atoms. The summed E-state index contributed by atoms with van der Waals surface area (Å²) < 4.78 is 0. The van der Waals surface area contributed by atoms with E-state index in [0.717, 1.165) is 6.42 Å². The molecule has 0 heterocycles. The van der Waals surface area contributed by atoms with Crippen LogP contribution < -0.4 is 0 Å². The maximum atomic E-state index is 2.41. The lowest BCUT2D eigenvalue weighted by Gasteiger charge is -2.28. The first-order valence-corrected chi connectivity index (χ1v) is 21.9. The van der Waals surface area contributed by atoms with E-state index < -0.39 is 0 Å². The van der Waals surface area contributed by atoms with Gasteiger partial charge in [0.15, 0.2) is 0 Å². The van der Waals surface area contributed by atoms with Gasteiger partial charge in [-0.25, -0.2) is 0 Å². The van der Waals surface area contributed by atoms with E-state index in [4.69, 9.17) is 0 Å². The Morgan fingerprint density at radius 2 is 0.549 bits per heavy atom. The predicted octanol–water partition coefficient (Wildman–Crippen LogP) is 15.4. The number of hydrogen-bond donors (Lipinski definition) is 0. The van der Waals surface area contributed by atoms with Gasteiger partial charge in [0.05, 0.1) is 0 Å². The monoisotopic (exact) mass is 699 g/mol. The molecule has 0 unspecified atom stereocenters. The van der Waals surface area contributed by atoms with Gasteiger partial charge in [-0.3, -0.25) is 0 Å². The van der Waals surface area contributed by atoms with Crippen LogP contribution in [0.2, 0.25) is 0 Å². The summed E-state index contributed by atoms with van der Waals surface area (Å²) in [7, 11) is 0. The van der Waals surface area contributed by atoms with E-state index in [1.54, 1.807) is 61.2 Å². The topological polar surface area (TPSA) is 0 Å². The average Bonchev–Trinajstić information content (AvgIpc) is 3.20. The molecule has 3 aromatic carbocycles. The van der Waals surface area contributed by atoms with E-state index in [0.29, 0.717) is 5.41 Å². The SMILES string of the molecule is CCC(CC)(CC)CC.CCc1cc(CC)c(CC)c(CC)c1.CCc1cc(CC)c(CC)cc1CC.CCc1ccc(CC)c(CC)c1CC. The molecule has 0 amide bonds. The van der Waals surface area contributed by atoms with Gasteiger partial charge in [-0.15, -0.1) is 0 Å². The molecule has 0 bridgehead atoms. The Kier molecular flexibility index (Phi) is 26.0. The summed E-state index contributed by atoms with van der Waals surface area (Å²) in [4.78, 5) is 0. The molecule has 0 saturated heterocycles. The fraction of sp³-hybridized carbons (Fsp3) is 0.647. The molecule has 0 radical (unpaired) electrons. The molecule has 51 heavy (non-hydrogen) atoms. The Bertz CT molecular complexity index is 1210. The second kappa shape index (κ2) is 27.3. The van der Waals surface area contributed by atoms with Crippen LogP contribution in [0.4, 0.5) is 0 Å². The zero-order chi connectivity index (χ0) is 39.0. The molecule has 0 fully saturated rings. The third kappa shape index (κ3) is 14.5. The molecule has 0 aliphatic heterocycles. The van der Waals surface area contributed by atoms with Gasteiger partial charge in [0.25, 0.3) is 0 Å². The normalized spacial score (nSPS) is 10.8. The van der Waals surface area contributed by atoms with E-state index in [9.17, 15) is 0 Å². The van der Waals surface area contributed by atoms with E-state index in [1.165, 1.54) is 102 Å². The van der Waals surface area contributed by atoms with Gasteiger partial charge in [0.2, 0.25) is 0 Å². The first kappa shape index (κ1) is 48.7. The Morgan fingerprint density at radius 1 is 0.275 bits per heavy atom. The van der Waals surface area contributed by atoms with E-state index in [1.807, 2.05) is 0 Å². The summed E-state index contributed by atoms with van der Waals surface area (Å²) in [6, 6.07) is 14.2. The van der Waals surface area contributed by atoms with Gasteiger partial charge in [-0.1, -0.05) is 173 Å². The summed E-state index contributed by atoms with van der Waals surface area (Å²) in [5.74, 6) is 0. The molecule has 0 saturated carbocycles. The van der Waals surface area contributed by atoms with Crippen molar-refractivity contribution < 1.29 is 0 Å². The lowest BCUT2D eigenvalue weighted by Crippen LogP contribution is -2.15. The molecule has 0 N–H and O–H groups in total. The Hall–Kier alpha value is -2.34. The molecule has 290 valence electrons. The summed E-state index contributed by atoms with van der Waals surface area (Å²) in [6.45, 7) is 36.3. The molecule has 0 atom stereocenters. The molecule has 0 aliphatic carbocycles. The van der Waals surface area contributed by atoms with Crippen LogP contribution in [0, 0.1) is 5.41 Å². The van der Waals surface area contributed by atoms with E-state index in [-0.39, 0.29) is 0 Å². The summed E-state index contributed by atoms with van der Waals surface area (Å²) in [5, 5.41) is 0. The molecule has 0 heteroatoms. The number of aryl methyl sites for hydroxylation is 9. The zero-order valence-corrected chi connectivity index (χ0v) is 37.3. The van der Waals surface area contributed by atoms with Crippen LogP contribution in [0.25, 0.3) is 0 Å². The van der Waals surface area contributed by atoms with Crippen molar-refractivity contribution in [1.29, 1.82) is 0 Å². The van der Waals surface area contributed by atoms with Crippen molar-refractivity contribution in [3.8, 4) is 0 Å². The number of benzene rings is 3. The molecule has 3 rings (SSSR count). The van der Waals surface area contributed by atoms with Crippen molar-refractivity contribution in [2.75, 3.05) is 0 Å². The lowest BCUT2D eigenvalue weighted by atomic mass is 9.78. The molecule has 0 aromatic heterocycles. The standard InChI is InChI=1S/3C14H22.C9H20/c1-5-11-9-13(7-3)14(8-4)10-12(11)6-2;1-5-11-9-12(6-2)14(8-4)13(7-3)10-11;1-5-11-9-10-12(6-2)14(8-4)13(11)7-3;1-5-9(6-2,7-3)8-4/h3*9-10H,5-8H2,1-4H3;5-8H2,1-4H3. The number of hydrogen-bond acceptors (Lipinski definition) is 0. The smallest absolute Gasteiger partial charge is 0.0302 e. The maximum absolute atomic E-state index is 2.41. The summed E-state index contributed by atoms with van der Waals surface area (Å²) in [5.41, 5.74) is 19.3. The third-order valence-corrected chi connectivity index (χ3v) is 12.2. The van der Waals surface area contributed by atoms with Crippen molar-refractivity contribution in [2.24, 2.45) is 5.41 Å². The summed E-state index contributed by atoms with van der Waals surface area (Å²) >= 11 is 0. The Labute approximate surface area is 321 Å². The second-order valence-electron chi connectivity index (χ2n) is 14.3. The van der Waals surface area contributed by atoms with E-state index in [2.05, 4.69) is 147 Å². The zero-order valence-electron chi connectivity index (χ0n) is 37.3. The molecular formula is C51H86. The van der Waals surface area contributed by atoms with Crippen LogP contribution in [0.5, 0.6) is 0 Å². The highest BCUT2D eigenvalue weighted by molar-refractivity contribution is 5.42. The highest BCUT2D eigenvalue weighted by Gasteiger charge is 2.20. The van der Waals surface area contributed by atoms with Crippen LogP contribution in [0.1, 0.15) is 203 Å². The van der Waals surface area contributed by atoms with Crippen LogP contribution >= 0.6 is 0 Å². The quantitative estimate of drug-likeness (QED) is 0.140. The lowest BCUT2D eigenvalue weighted by molar-refractivity contribution is 0.240. The van der Waals surface area contributed by atoms with Crippen molar-refractivity contribution in [2.45, 2.75) is 214 Å². The van der Waals surface area contributed by atoms with Crippen LogP contribution in [-0.4, -0.2) is 0 Å². The fourth-order valence-electron chi connectivity index (χ4n) is 8.10. The molecule has 0 aliphatic rings. The van der Waals surface area contributed by atoms with Gasteiger partial charge in [-0.05, 0) is 149 Å². The van der Waals surface area contributed by atoms with Crippen LogP contribution in [0.3, 0.4) is 0 Å². The maximum Gasteiger partial charge on any atom is -0.0302 e. The minimum atomic E-state index is 0.667. The second-order valence-corrected chi connectivity index (χ2v) is 14.3. The predicted molar refractivity (Wildman–Crippen MR) is 235 cm³/mol. The average molecular weight is 699 g/mol. The Morgan fingerprint density at radius 3 is 0.725 bits per heavy atom. The van der Waals surface area contributed by atoms with Crippen LogP contribution in [-0.2, 0) is 77.0 Å². The van der Waals surface area contributed by atoms with Gasteiger partial charge in [-0.2, -0.15) is 0 Å². The van der Waals surface area contributed by atoms with Crippen molar-refractivity contribution in [3.63, 3.8) is 0 Å². The van der Waals surface area contributed by atoms with Crippen molar-refractivity contribution >= 4 is 0 Å². The van der Waals surface area contributed by atoms with Gasteiger partial charge < -0.3 is 0 Å². The van der Waals surface area contributed by atoms with Gasteiger partial charge in [0, 0.05) is 0 Å². The van der Waals surface area contributed by atoms with Crippen molar-refractivity contribution in [3.05, 3.63) is 103 Å². The fourth-order valence-corrected chi connectivity index (χ4v) is 8.10. The highest BCUT2D eigenvalue weighted by atomic mass is 14.3. The third-order valence-electron chi connectivity index (χ3n) is 12.2. The van der Waals surface area contributed by atoms with E-state index >= 15 is 0 Å². The first-order chi connectivity index (χ1) is 24.5. The minimum Gasteiger partial charge on any atom is -0.0649 e. The van der Waals surface area contributed by atoms with Gasteiger partial charge in [0.1, 0.15) is 0 Å². The molecule has 0 nitrogen and oxygen atoms in total. The highest BCUT2D eigenvalue weighted by Crippen LogP contribution is 2.33. The minimum absolute atomic E-state index is 0.667. The molecular weight excluding hydrogens is 613 g/mol. The van der Waals surface area contributed by atoms with Crippen LogP contribution in [0.15, 0.2) is 36.4 Å². The molecule has 3 aromatic rings.